The third-order valence-corrected chi connectivity index (χ3v) is 2.70. The molecule has 166 valence electrons. The lowest BCUT2D eigenvalue weighted by molar-refractivity contribution is -0.149. The monoisotopic (exact) mass is 426 g/mol. The maximum absolute atomic E-state index is 12.7. The number of hydrogen-bond acceptors (Lipinski definition) is 9. The zero-order valence-corrected chi connectivity index (χ0v) is 18.0. The number of aliphatic imine (C=N–C) groups is 1. The summed E-state index contributed by atoms with van der Waals surface area (Å²) in [6, 6.07) is 1.47. The van der Waals surface area contributed by atoms with Gasteiger partial charge in [0.15, 0.2) is 0 Å². The molecule has 0 radical (unpaired) electrons. The number of ether oxygens (including phenoxy) is 4. The number of aromatic nitrogens is 2. The summed E-state index contributed by atoms with van der Waals surface area (Å²) in [5.41, 5.74) is -1.88. The van der Waals surface area contributed by atoms with E-state index >= 15 is 0 Å². The molecule has 0 saturated heterocycles. The van der Waals surface area contributed by atoms with E-state index in [1.165, 1.54) is 18.5 Å². The maximum Gasteiger partial charge on any atom is 0.437 e. The van der Waals surface area contributed by atoms with Gasteiger partial charge in [-0.1, -0.05) is 0 Å². The second kappa shape index (κ2) is 9.85. The second-order valence-electron chi connectivity index (χ2n) is 7.82. The summed E-state index contributed by atoms with van der Waals surface area (Å²) in [5.74, 6) is -1.27. The SMILES string of the molecule is CC(=O)OCOC(=O)N(C(=O)OC(C)(C)C)/C(=N/C(=O)OC(C)(C)C)n1cccn1. The molecule has 0 atom stereocenters. The molecular weight excluding hydrogens is 400 g/mol. The number of carbonyl (C=O) groups is 4. The Kier molecular flexibility index (Phi) is 8.08. The normalized spacial score (nSPS) is 12.0. The van der Waals surface area contributed by atoms with Gasteiger partial charge in [-0.3, -0.25) is 4.79 Å². The summed E-state index contributed by atoms with van der Waals surface area (Å²) in [4.78, 5) is 52.5. The molecule has 12 heteroatoms. The molecule has 1 heterocycles. The van der Waals surface area contributed by atoms with Crippen LogP contribution in [0.5, 0.6) is 0 Å². The lowest BCUT2D eigenvalue weighted by Gasteiger charge is -2.26. The van der Waals surface area contributed by atoms with Crippen LogP contribution < -0.4 is 0 Å². The van der Waals surface area contributed by atoms with Crippen molar-refractivity contribution in [2.45, 2.75) is 59.7 Å². The van der Waals surface area contributed by atoms with E-state index in [9.17, 15) is 19.2 Å². The summed E-state index contributed by atoms with van der Waals surface area (Å²) >= 11 is 0. The smallest absolute Gasteiger partial charge is 0.437 e. The zero-order chi connectivity index (χ0) is 23.1. The second-order valence-corrected chi connectivity index (χ2v) is 7.82. The van der Waals surface area contributed by atoms with Crippen molar-refractivity contribution >= 4 is 30.2 Å². The Morgan fingerprint density at radius 3 is 2.03 bits per heavy atom. The third kappa shape index (κ3) is 8.71. The average molecular weight is 426 g/mol. The molecule has 0 aromatic carbocycles. The van der Waals surface area contributed by atoms with E-state index in [-0.39, 0.29) is 0 Å². The predicted molar refractivity (Wildman–Crippen MR) is 102 cm³/mol. The van der Waals surface area contributed by atoms with E-state index in [4.69, 9.17) is 14.2 Å². The van der Waals surface area contributed by atoms with Gasteiger partial charge in [-0.05, 0) is 47.6 Å². The summed E-state index contributed by atoms with van der Waals surface area (Å²) in [7, 11) is 0. The van der Waals surface area contributed by atoms with Crippen LogP contribution in [-0.4, -0.2) is 62.9 Å². The van der Waals surface area contributed by atoms with E-state index < -0.39 is 48.2 Å². The number of rotatable bonds is 2. The molecule has 12 nitrogen and oxygen atoms in total. The van der Waals surface area contributed by atoms with Gasteiger partial charge in [0.2, 0.25) is 6.79 Å². The van der Waals surface area contributed by atoms with E-state index in [2.05, 4.69) is 14.8 Å². The topological polar surface area (TPSA) is 139 Å². The first kappa shape index (κ1) is 24.6. The molecule has 1 rings (SSSR count). The molecule has 0 aliphatic heterocycles. The first-order chi connectivity index (χ1) is 13.7. The number of hydrogen-bond donors (Lipinski definition) is 0. The Morgan fingerprint density at radius 1 is 0.967 bits per heavy atom. The maximum atomic E-state index is 12.7. The first-order valence-electron chi connectivity index (χ1n) is 8.84. The summed E-state index contributed by atoms with van der Waals surface area (Å²) in [6.07, 6.45) is -0.937. The summed E-state index contributed by atoms with van der Waals surface area (Å²) in [6.45, 7) is 9.92. The molecule has 0 fully saturated rings. The van der Waals surface area contributed by atoms with Crippen LogP contribution in [-0.2, 0) is 23.7 Å². The van der Waals surface area contributed by atoms with Crippen LogP contribution in [0.25, 0.3) is 0 Å². The highest BCUT2D eigenvalue weighted by molar-refractivity contribution is 6.10. The van der Waals surface area contributed by atoms with Gasteiger partial charge in [-0.2, -0.15) is 5.10 Å². The standard InChI is InChI=1S/C18H26N4O8/c1-12(23)27-11-28-15(25)22(16(26)30-18(5,6)7)13(21-10-8-9-19-21)20-14(24)29-17(2,3)4/h8-10H,11H2,1-7H3/b20-13+. The largest absolute Gasteiger partial charge is 0.443 e. The van der Waals surface area contributed by atoms with Gasteiger partial charge in [0, 0.05) is 19.3 Å². The van der Waals surface area contributed by atoms with Crippen molar-refractivity contribution in [3.8, 4) is 0 Å². The molecule has 0 aliphatic rings. The van der Waals surface area contributed by atoms with Crippen molar-refractivity contribution in [2.75, 3.05) is 6.79 Å². The van der Waals surface area contributed by atoms with Crippen LogP contribution in [0, 0.1) is 0 Å². The fraction of sp³-hybridized carbons (Fsp3) is 0.556. The van der Waals surface area contributed by atoms with Crippen LogP contribution in [0.3, 0.4) is 0 Å². The average Bonchev–Trinajstić information content (AvgIpc) is 3.04. The summed E-state index contributed by atoms with van der Waals surface area (Å²) in [5, 5.41) is 3.89. The third-order valence-electron chi connectivity index (χ3n) is 2.70. The highest BCUT2D eigenvalue weighted by Gasteiger charge is 2.35. The van der Waals surface area contributed by atoms with Crippen LogP contribution in [0.2, 0.25) is 0 Å². The number of esters is 1. The molecule has 0 bridgehead atoms. The minimum atomic E-state index is -1.32. The Labute approximate surface area is 173 Å². The van der Waals surface area contributed by atoms with E-state index in [0.717, 1.165) is 11.6 Å². The van der Waals surface area contributed by atoms with Gasteiger partial charge < -0.3 is 18.9 Å². The fourth-order valence-corrected chi connectivity index (χ4v) is 1.73. The number of carbonyl (C=O) groups excluding carboxylic acids is 4. The van der Waals surface area contributed by atoms with Gasteiger partial charge in [-0.15, -0.1) is 9.89 Å². The minimum Gasteiger partial charge on any atom is -0.443 e. The van der Waals surface area contributed by atoms with Gasteiger partial charge in [0.1, 0.15) is 11.2 Å². The molecule has 0 N–H and O–H groups in total. The van der Waals surface area contributed by atoms with Crippen molar-refractivity contribution in [1.82, 2.24) is 14.7 Å². The number of imide groups is 1. The first-order valence-corrected chi connectivity index (χ1v) is 8.84. The van der Waals surface area contributed by atoms with Gasteiger partial charge in [-0.25, -0.2) is 19.1 Å². The van der Waals surface area contributed by atoms with Gasteiger partial charge >= 0.3 is 24.2 Å². The fourth-order valence-electron chi connectivity index (χ4n) is 1.73. The quantitative estimate of drug-likeness (QED) is 0.229. The van der Waals surface area contributed by atoms with Crippen LogP contribution in [0.1, 0.15) is 48.5 Å². The number of amides is 3. The number of nitrogens with zero attached hydrogens (tertiary/aromatic N) is 4. The summed E-state index contributed by atoms with van der Waals surface area (Å²) < 4.78 is 20.6. The zero-order valence-electron chi connectivity index (χ0n) is 18.0. The predicted octanol–water partition coefficient (Wildman–Crippen LogP) is 2.92. The lowest BCUT2D eigenvalue weighted by atomic mass is 10.2. The van der Waals surface area contributed by atoms with Gasteiger partial charge in [0.25, 0.3) is 5.96 Å². The van der Waals surface area contributed by atoms with Crippen LogP contribution in [0.15, 0.2) is 23.5 Å². The van der Waals surface area contributed by atoms with Crippen molar-refractivity contribution in [3.05, 3.63) is 18.5 Å². The molecule has 0 saturated carbocycles. The molecular formula is C18H26N4O8. The Morgan fingerprint density at radius 2 is 1.57 bits per heavy atom. The van der Waals surface area contributed by atoms with E-state index in [0.29, 0.717) is 4.90 Å². The molecule has 0 unspecified atom stereocenters. The Balaban J connectivity index is 3.36. The minimum absolute atomic E-state index is 0.339. The van der Waals surface area contributed by atoms with Crippen LogP contribution in [0.4, 0.5) is 14.4 Å². The molecule has 30 heavy (non-hydrogen) atoms. The van der Waals surface area contributed by atoms with E-state index in [1.54, 1.807) is 41.5 Å². The Hall–Kier alpha value is -3.44. The molecule has 0 aliphatic carbocycles. The molecule has 1 aromatic rings. The highest BCUT2D eigenvalue weighted by atomic mass is 16.7. The van der Waals surface area contributed by atoms with Crippen molar-refractivity contribution in [1.29, 1.82) is 0 Å². The molecule has 0 spiro atoms. The van der Waals surface area contributed by atoms with Crippen molar-refractivity contribution in [2.24, 2.45) is 4.99 Å². The van der Waals surface area contributed by atoms with Crippen molar-refractivity contribution in [3.63, 3.8) is 0 Å². The van der Waals surface area contributed by atoms with Crippen molar-refractivity contribution < 1.29 is 38.1 Å². The van der Waals surface area contributed by atoms with Crippen LogP contribution >= 0.6 is 0 Å². The highest BCUT2D eigenvalue weighted by Crippen LogP contribution is 2.14. The Bertz CT molecular complexity index is 803. The lowest BCUT2D eigenvalue weighted by Crippen LogP contribution is -2.48. The molecule has 3 amide bonds. The van der Waals surface area contributed by atoms with E-state index in [1.807, 2.05) is 0 Å². The van der Waals surface area contributed by atoms with Gasteiger partial charge in [0.05, 0.1) is 0 Å². The molecule has 1 aromatic heterocycles.